The Balaban J connectivity index is 2.14. The number of nitro benzene ring substituents is 1. The minimum atomic E-state index is -0.434. The Bertz CT molecular complexity index is 502. The van der Waals surface area contributed by atoms with Crippen LogP contribution in [0.4, 0.5) is 11.4 Å². The number of nitro groups is 1. The number of hydrogen-bond acceptors (Lipinski definition) is 3. The van der Waals surface area contributed by atoms with Gasteiger partial charge in [0.15, 0.2) is 0 Å². The molecule has 1 fully saturated rings. The Kier molecular flexibility index (Phi) is 3.72. The summed E-state index contributed by atoms with van der Waals surface area (Å²) in [4.78, 5) is 10.2. The molecule has 1 aliphatic carbocycles. The molecule has 0 aliphatic heterocycles. The molecule has 0 spiro atoms. The lowest BCUT2D eigenvalue weighted by Gasteiger charge is -2.20. The van der Waals surface area contributed by atoms with Crippen LogP contribution in [0.5, 0.6) is 0 Å². The van der Waals surface area contributed by atoms with Gasteiger partial charge < -0.3 is 5.32 Å². The molecule has 2 rings (SSSR count). The highest BCUT2D eigenvalue weighted by Crippen LogP contribution is 2.42. The Morgan fingerprint density at radius 3 is 2.58 bits per heavy atom. The topological polar surface area (TPSA) is 55.2 Å². The van der Waals surface area contributed by atoms with Crippen molar-refractivity contribution in [2.75, 3.05) is 5.32 Å². The van der Waals surface area contributed by atoms with Crippen LogP contribution in [0.3, 0.4) is 0 Å². The second-order valence-corrected chi connectivity index (χ2v) is 6.63. The first kappa shape index (κ1) is 14.1. The number of non-ortho nitro benzene ring substituents is 1. The third-order valence-electron chi connectivity index (χ3n) is 3.84. The van der Waals surface area contributed by atoms with E-state index in [0.29, 0.717) is 22.4 Å². The number of rotatable bonds is 3. The highest BCUT2D eigenvalue weighted by molar-refractivity contribution is 6.33. The van der Waals surface area contributed by atoms with Crippen molar-refractivity contribution >= 4 is 23.0 Å². The van der Waals surface area contributed by atoms with Crippen LogP contribution >= 0.6 is 11.6 Å². The molecule has 0 saturated heterocycles. The fraction of sp³-hybridized carbons (Fsp3) is 0.571. The fourth-order valence-electron chi connectivity index (χ4n) is 3.02. The van der Waals surface area contributed by atoms with Crippen LogP contribution in [0, 0.1) is 21.4 Å². The van der Waals surface area contributed by atoms with Crippen molar-refractivity contribution in [1.82, 2.24) is 0 Å². The molecule has 2 atom stereocenters. The first-order valence-electron chi connectivity index (χ1n) is 6.49. The molecule has 1 saturated carbocycles. The Morgan fingerprint density at radius 2 is 2.11 bits per heavy atom. The number of benzene rings is 1. The average Bonchev–Trinajstić information content (AvgIpc) is 2.54. The molecule has 0 heterocycles. The smallest absolute Gasteiger partial charge is 0.271 e. The molecule has 0 amide bonds. The molecule has 1 aromatic rings. The summed E-state index contributed by atoms with van der Waals surface area (Å²) in [7, 11) is 0. The molecule has 104 valence electrons. The Hall–Kier alpha value is -1.29. The molecular weight excluding hydrogens is 264 g/mol. The summed E-state index contributed by atoms with van der Waals surface area (Å²) in [5.41, 5.74) is 1.14. The molecule has 4 nitrogen and oxygen atoms in total. The van der Waals surface area contributed by atoms with Crippen LogP contribution in [0.15, 0.2) is 18.2 Å². The summed E-state index contributed by atoms with van der Waals surface area (Å²) in [6.45, 7) is 6.76. The van der Waals surface area contributed by atoms with Gasteiger partial charge in [0.1, 0.15) is 0 Å². The zero-order chi connectivity index (χ0) is 14.2. The summed E-state index contributed by atoms with van der Waals surface area (Å²) in [6.07, 6.45) is 2.26. The highest BCUT2D eigenvalue weighted by Gasteiger charge is 2.36. The van der Waals surface area contributed by atoms with Crippen molar-refractivity contribution in [1.29, 1.82) is 0 Å². The summed E-state index contributed by atoms with van der Waals surface area (Å²) in [6, 6.07) is 4.94. The number of hydrogen-bond donors (Lipinski definition) is 1. The first-order chi connectivity index (χ1) is 8.78. The van der Waals surface area contributed by atoms with Crippen molar-refractivity contribution in [2.24, 2.45) is 11.3 Å². The predicted octanol–water partition coefficient (Wildman–Crippen LogP) is 4.48. The minimum Gasteiger partial charge on any atom is -0.381 e. The van der Waals surface area contributed by atoms with Crippen LogP contribution in [0.2, 0.25) is 5.02 Å². The van der Waals surface area contributed by atoms with Gasteiger partial charge in [0.25, 0.3) is 5.69 Å². The second-order valence-electron chi connectivity index (χ2n) is 6.22. The van der Waals surface area contributed by atoms with E-state index in [9.17, 15) is 10.1 Å². The van der Waals surface area contributed by atoms with E-state index in [4.69, 9.17) is 11.6 Å². The second kappa shape index (κ2) is 5.00. The summed E-state index contributed by atoms with van der Waals surface area (Å²) in [5, 5.41) is 14.5. The first-order valence-corrected chi connectivity index (χ1v) is 6.87. The van der Waals surface area contributed by atoms with Crippen LogP contribution in [0.25, 0.3) is 0 Å². The molecule has 5 heteroatoms. The molecule has 1 aliphatic rings. The van der Waals surface area contributed by atoms with Gasteiger partial charge in [-0.3, -0.25) is 10.1 Å². The summed E-state index contributed by atoms with van der Waals surface area (Å²) >= 11 is 6.10. The third-order valence-corrected chi connectivity index (χ3v) is 4.15. The summed E-state index contributed by atoms with van der Waals surface area (Å²) < 4.78 is 0. The Labute approximate surface area is 118 Å². The number of anilines is 1. The van der Waals surface area contributed by atoms with Crippen molar-refractivity contribution in [3.63, 3.8) is 0 Å². The van der Waals surface area contributed by atoms with E-state index in [1.54, 1.807) is 6.07 Å². The van der Waals surface area contributed by atoms with Gasteiger partial charge in [0, 0.05) is 18.2 Å². The number of nitrogens with one attached hydrogen (secondary N) is 1. The van der Waals surface area contributed by atoms with Crippen LogP contribution in [-0.2, 0) is 0 Å². The van der Waals surface area contributed by atoms with Gasteiger partial charge in [0.2, 0.25) is 0 Å². The maximum absolute atomic E-state index is 10.7. The SMILES string of the molecule is CC1CC(C)(C)CC1Nc1ccc([N+](=O)[O-])cc1Cl. The van der Waals surface area contributed by atoms with Gasteiger partial charge in [-0.1, -0.05) is 32.4 Å². The third kappa shape index (κ3) is 3.18. The maximum Gasteiger partial charge on any atom is 0.271 e. The lowest BCUT2D eigenvalue weighted by molar-refractivity contribution is -0.384. The minimum absolute atomic E-state index is 0.0235. The van der Waals surface area contributed by atoms with Crippen LogP contribution in [0.1, 0.15) is 33.6 Å². The molecule has 1 N–H and O–H groups in total. The standard InChI is InChI=1S/C14H19ClN2O2/c1-9-7-14(2,3)8-13(9)16-12-5-4-10(17(18)19)6-11(12)15/h4-6,9,13,16H,7-8H2,1-3H3. The Morgan fingerprint density at radius 1 is 1.42 bits per heavy atom. The van der Waals surface area contributed by atoms with E-state index >= 15 is 0 Å². The lowest BCUT2D eigenvalue weighted by Crippen LogP contribution is -2.22. The van der Waals surface area contributed by atoms with Gasteiger partial charge in [0.05, 0.1) is 15.6 Å². The van der Waals surface area contributed by atoms with E-state index in [-0.39, 0.29) is 5.69 Å². The quantitative estimate of drug-likeness (QED) is 0.657. The molecule has 0 bridgehead atoms. The van der Waals surface area contributed by atoms with E-state index in [1.807, 2.05) is 0 Å². The van der Waals surface area contributed by atoms with E-state index in [0.717, 1.165) is 12.1 Å². The molecule has 2 unspecified atom stereocenters. The monoisotopic (exact) mass is 282 g/mol. The van der Waals surface area contributed by atoms with Crippen molar-refractivity contribution in [3.8, 4) is 0 Å². The zero-order valence-corrected chi connectivity index (χ0v) is 12.2. The van der Waals surface area contributed by atoms with Crippen molar-refractivity contribution < 1.29 is 4.92 Å². The maximum atomic E-state index is 10.7. The van der Waals surface area contributed by atoms with Gasteiger partial charge >= 0.3 is 0 Å². The van der Waals surface area contributed by atoms with Crippen LogP contribution < -0.4 is 5.32 Å². The van der Waals surface area contributed by atoms with Gasteiger partial charge in [-0.25, -0.2) is 0 Å². The fourth-order valence-corrected chi connectivity index (χ4v) is 3.25. The molecule has 0 aromatic heterocycles. The number of nitrogens with zero attached hydrogens (tertiary/aromatic N) is 1. The van der Waals surface area contributed by atoms with E-state index in [1.165, 1.54) is 18.6 Å². The predicted molar refractivity (Wildman–Crippen MR) is 77.7 cm³/mol. The molecule has 19 heavy (non-hydrogen) atoms. The van der Waals surface area contributed by atoms with Crippen LogP contribution in [-0.4, -0.2) is 11.0 Å². The molecular formula is C14H19ClN2O2. The molecule has 0 radical (unpaired) electrons. The van der Waals surface area contributed by atoms with E-state index < -0.39 is 4.92 Å². The zero-order valence-electron chi connectivity index (χ0n) is 11.4. The normalized spacial score (nSPS) is 25.3. The van der Waals surface area contributed by atoms with Gasteiger partial charge in [-0.2, -0.15) is 0 Å². The highest BCUT2D eigenvalue weighted by atomic mass is 35.5. The molecule has 1 aromatic carbocycles. The average molecular weight is 283 g/mol. The van der Waals surface area contributed by atoms with Gasteiger partial charge in [-0.15, -0.1) is 0 Å². The van der Waals surface area contributed by atoms with Gasteiger partial charge in [-0.05, 0) is 30.2 Å². The largest absolute Gasteiger partial charge is 0.381 e. The summed E-state index contributed by atoms with van der Waals surface area (Å²) in [5.74, 6) is 0.571. The number of halogens is 1. The van der Waals surface area contributed by atoms with E-state index in [2.05, 4.69) is 26.1 Å². The van der Waals surface area contributed by atoms with Crippen molar-refractivity contribution in [2.45, 2.75) is 39.7 Å². The lowest BCUT2D eigenvalue weighted by atomic mass is 9.91. The van der Waals surface area contributed by atoms with Crippen molar-refractivity contribution in [3.05, 3.63) is 33.3 Å².